The first-order valence-corrected chi connectivity index (χ1v) is 10.5. The first kappa shape index (κ1) is 18.3. The molecule has 2 saturated heterocycles. The Balaban J connectivity index is 1.83. The van der Waals surface area contributed by atoms with E-state index in [0.29, 0.717) is 15.8 Å². The molecule has 140 valence electrons. The summed E-state index contributed by atoms with van der Waals surface area (Å²) in [7, 11) is 0. The maximum absolute atomic E-state index is 12.7. The van der Waals surface area contributed by atoms with Crippen LogP contribution in [0.25, 0.3) is 11.8 Å². The second-order valence-electron chi connectivity index (χ2n) is 6.69. The molecule has 1 aromatic heterocycles. The van der Waals surface area contributed by atoms with Crippen molar-refractivity contribution >= 4 is 46.1 Å². The van der Waals surface area contributed by atoms with Crippen molar-refractivity contribution in [1.82, 2.24) is 14.7 Å². The smallest absolute Gasteiger partial charge is 0.266 e. The van der Waals surface area contributed by atoms with Crippen LogP contribution >= 0.6 is 24.0 Å². The van der Waals surface area contributed by atoms with E-state index >= 15 is 0 Å². The van der Waals surface area contributed by atoms with Gasteiger partial charge in [-0.25, -0.2) is 4.68 Å². The zero-order valence-corrected chi connectivity index (χ0v) is 17.1. The third-order valence-electron chi connectivity index (χ3n) is 4.95. The fraction of sp³-hybridized carbons (Fsp3) is 0.350. The number of thioether (sulfide) groups is 1. The Bertz CT molecular complexity index is 914. The quantitative estimate of drug-likeness (QED) is 0.575. The zero-order chi connectivity index (χ0) is 19.0. The first-order valence-electron chi connectivity index (χ1n) is 9.25. The second-order valence-corrected chi connectivity index (χ2v) is 8.37. The van der Waals surface area contributed by atoms with E-state index in [0.717, 1.165) is 35.9 Å². The number of aromatic nitrogens is 2. The van der Waals surface area contributed by atoms with Gasteiger partial charge in [-0.05, 0) is 44.9 Å². The molecule has 0 unspecified atom stereocenters. The van der Waals surface area contributed by atoms with Gasteiger partial charge in [0.05, 0.1) is 16.3 Å². The number of benzene rings is 1. The van der Waals surface area contributed by atoms with E-state index in [-0.39, 0.29) is 5.91 Å². The maximum atomic E-state index is 12.7. The molecule has 27 heavy (non-hydrogen) atoms. The molecule has 2 aliphatic heterocycles. The van der Waals surface area contributed by atoms with E-state index < -0.39 is 0 Å². The van der Waals surface area contributed by atoms with Crippen LogP contribution in [-0.4, -0.2) is 44.5 Å². The van der Waals surface area contributed by atoms with Crippen LogP contribution in [-0.2, 0) is 4.79 Å². The normalized spacial score (nSPS) is 19.0. The van der Waals surface area contributed by atoms with Gasteiger partial charge in [0.1, 0.15) is 10.1 Å². The van der Waals surface area contributed by atoms with E-state index in [4.69, 9.17) is 17.3 Å². The summed E-state index contributed by atoms with van der Waals surface area (Å²) in [5.41, 5.74) is 2.96. The van der Waals surface area contributed by atoms with Crippen molar-refractivity contribution in [3.05, 3.63) is 46.5 Å². The Morgan fingerprint density at radius 1 is 1.22 bits per heavy atom. The summed E-state index contributed by atoms with van der Waals surface area (Å²) in [6.45, 7) is 6.57. The molecule has 1 amide bonds. The van der Waals surface area contributed by atoms with Crippen molar-refractivity contribution in [3.8, 4) is 5.69 Å². The molecule has 3 heterocycles. The van der Waals surface area contributed by atoms with Gasteiger partial charge in [-0.15, -0.1) is 0 Å². The van der Waals surface area contributed by atoms with Crippen LogP contribution in [0.1, 0.15) is 31.0 Å². The fourth-order valence-corrected chi connectivity index (χ4v) is 4.95. The number of carbonyl (C=O) groups is 1. The van der Waals surface area contributed by atoms with Crippen LogP contribution in [0, 0.1) is 6.92 Å². The minimum absolute atomic E-state index is 0.00765. The Hall–Kier alpha value is -2.12. The lowest BCUT2D eigenvalue weighted by Gasteiger charge is -2.20. The molecule has 1 aromatic carbocycles. The van der Waals surface area contributed by atoms with Crippen molar-refractivity contribution in [1.29, 1.82) is 0 Å². The van der Waals surface area contributed by atoms with Crippen LogP contribution in [0.5, 0.6) is 0 Å². The Morgan fingerprint density at radius 2 is 1.93 bits per heavy atom. The molecule has 0 atom stereocenters. The number of amides is 1. The molecule has 0 N–H and O–H groups in total. The molecule has 5 nitrogen and oxygen atoms in total. The number of para-hydroxylation sites is 1. The van der Waals surface area contributed by atoms with Gasteiger partial charge < -0.3 is 4.90 Å². The number of hydrogen-bond donors (Lipinski definition) is 0. The van der Waals surface area contributed by atoms with Crippen molar-refractivity contribution in [2.45, 2.75) is 26.7 Å². The molecule has 0 bridgehead atoms. The van der Waals surface area contributed by atoms with Gasteiger partial charge in [-0.1, -0.05) is 42.2 Å². The van der Waals surface area contributed by atoms with Gasteiger partial charge in [-0.2, -0.15) is 5.10 Å². The van der Waals surface area contributed by atoms with Crippen LogP contribution < -0.4 is 4.90 Å². The monoisotopic (exact) mass is 398 g/mol. The van der Waals surface area contributed by atoms with Gasteiger partial charge >= 0.3 is 0 Å². The molecule has 2 fully saturated rings. The molecular formula is C20H22N4OS2. The predicted octanol–water partition coefficient (Wildman–Crippen LogP) is 4.00. The number of thiocarbonyl (C=S) groups is 1. The molecule has 4 rings (SSSR count). The number of anilines is 1. The summed E-state index contributed by atoms with van der Waals surface area (Å²) in [6, 6.07) is 10.2. The van der Waals surface area contributed by atoms with E-state index in [1.807, 2.05) is 42.8 Å². The molecular weight excluding hydrogens is 376 g/mol. The van der Waals surface area contributed by atoms with Crippen molar-refractivity contribution in [2.24, 2.45) is 0 Å². The second kappa shape index (κ2) is 7.48. The Morgan fingerprint density at radius 3 is 2.56 bits per heavy atom. The van der Waals surface area contributed by atoms with Gasteiger partial charge in [0, 0.05) is 25.2 Å². The number of aryl methyl sites for hydroxylation is 1. The largest absolute Gasteiger partial charge is 0.356 e. The van der Waals surface area contributed by atoms with Crippen LogP contribution in [0.3, 0.4) is 0 Å². The summed E-state index contributed by atoms with van der Waals surface area (Å²) >= 11 is 6.74. The average Bonchev–Trinajstić information content (AvgIpc) is 3.36. The number of rotatable bonds is 4. The number of nitrogens with zero attached hydrogens (tertiary/aromatic N) is 4. The number of carbonyl (C=O) groups excluding carboxylic acids is 1. The summed E-state index contributed by atoms with van der Waals surface area (Å²) in [6.07, 6.45) is 4.33. The zero-order valence-electron chi connectivity index (χ0n) is 15.5. The third-order valence-corrected chi connectivity index (χ3v) is 6.33. The van der Waals surface area contributed by atoms with Crippen molar-refractivity contribution in [3.63, 3.8) is 0 Å². The van der Waals surface area contributed by atoms with Crippen molar-refractivity contribution < 1.29 is 4.79 Å². The molecule has 7 heteroatoms. The molecule has 0 spiro atoms. The number of likely N-dealkylation sites (N-methyl/N-ethyl adjacent to an activating group) is 1. The number of hydrogen-bond acceptors (Lipinski definition) is 5. The van der Waals surface area contributed by atoms with Gasteiger partial charge in [0.2, 0.25) is 0 Å². The van der Waals surface area contributed by atoms with Gasteiger partial charge in [-0.3, -0.25) is 9.69 Å². The predicted molar refractivity (Wildman–Crippen MR) is 115 cm³/mol. The molecule has 0 aliphatic carbocycles. The highest BCUT2D eigenvalue weighted by Gasteiger charge is 2.32. The lowest BCUT2D eigenvalue weighted by atomic mass is 10.2. The fourth-order valence-electron chi connectivity index (χ4n) is 3.58. The molecule has 2 aromatic rings. The highest BCUT2D eigenvalue weighted by Crippen LogP contribution is 2.37. The maximum Gasteiger partial charge on any atom is 0.266 e. The van der Waals surface area contributed by atoms with E-state index in [1.54, 1.807) is 4.90 Å². The summed E-state index contributed by atoms with van der Waals surface area (Å²) in [4.78, 5) is 17.4. The Labute approximate surface area is 169 Å². The average molecular weight is 399 g/mol. The lowest BCUT2D eigenvalue weighted by molar-refractivity contribution is -0.121. The summed E-state index contributed by atoms with van der Waals surface area (Å²) < 4.78 is 2.64. The third kappa shape index (κ3) is 3.30. The van der Waals surface area contributed by atoms with Gasteiger partial charge in [0.25, 0.3) is 5.91 Å². The van der Waals surface area contributed by atoms with E-state index in [2.05, 4.69) is 17.0 Å². The SMILES string of the molecule is CCN1C(=O)/C(=C\c2c(C)nn(-c3ccccc3)c2N2CCCC2)SC1=S. The first-order chi connectivity index (χ1) is 13.1. The van der Waals surface area contributed by atoms with E-state index in [1.165, 1.54) is 24.6 Å². The molecule has 0 radical (unpaired) electrons. The molecule has 2 aliphatic rings. The highest BCUT2D eigenvalue weighted by atomic mass is 32.2. The standard InChI is InChI=1S/C20H22N4OS2/c1-3-23-19(25)17(27-20(23)26)13-16-14(2)21-24(15-9-5-4-6-10-15)18(16)22-11-7-8-12-22/h4-6,9-10,13H,3,7-8,11-12H2,1-2H3/b17-13+. The van der Waals surface area contributed by atoms with E-state index in [9.17, 15) is 4.79 Å². The topological polar surface area (TPSA) is 41.4 Å². The lowest BCUT2D eigenvalue weighted by Crippen LogP contribution is -2.27. The Kier molecular flexibility index (Phi) is 5.06. The van der Waals surface area contributed by atoms with Crippen LogP contribution in [0.15, 0.2) is 35.2 Å². The van der Waals surface area contributed by atoms with Crippen LogP contribution in [0.2, 0.25) is 0 Å². The van der Waals surface area contributed by atoms with Crippen molar-refractivity contribution in [2.75, 3.05) is 24.5 Å². The summed E-state index contributed by atoms with van der Waals surface area (Å²) in [5, 5.41) is 4.81. The van der Waals surface area contributed by atoms with Gasteiger partial charge in [0.15, 0.2) is 0 Å². The minimum atomic E-state index is -0.00765. The van der Waals surface area contributed by atoms with Crippen LogP contribution in [0.4, 0.5) is 5.82 Å². The molecule has 0 saturated carbocycles. The summed E-state index contributed by atoms with van der Waals surface area (Å²) in [5.74, 6) is 1.06. The highest BCUT2D eigenvalue weighted by molar-refractivity contribution is 8.26. The minimum Gasteiger partial charge on any atom is -0.356 e.